The van der Waals surface area contributed by atoms with Crippen molar-refractivity contribution < 1.29 is 39.8 Å². The van der Waals surface area contributed by atoms with E-state index in [1.54, 1.807) is 36.6 Å². The fraction of sp³-hybridized carbons (Fsp3) is 0.333. The van der Waals surface area contributed by atoms with E-state index < -0.39 is 5.54 Å². The molecule has 7 nitrogen and oxygen atoms in total. The van der Waals surface area contributed by atoms with E-state index in [1.807, 2.05) is 38.3 Å². The SMILES string of the molecule is [C-]#[N+]C(C)(C)c1ccc2c(=O)c3ccc(C)c(N(C)C)c3n(C[C-]=O)c2n1.[Na+].[OH-]. The van der Waals surface area contributed by atoms with E-state index in [0.717, 1.165) is 11.3 Å². The summed E-state index contributed by atoms with van der Waals surface area (Å²) in [5, 5.41) is 0.960. The van der Waals surface area contributed by atoms with Crippen LogP contribution in [0.3, 0.4) is 0 Å². The number of hydrogen-bond acceptors (Lipinski definition) is 5. The molecule has 2 aromatic heterocycles. The molecule has 0 spiro atoms. The van der Waals surface area contributed by atoms with Gasteiger partial charge in [-0.15, -0.1) is 0 Å². The molecule has 8 heteroatoms. The third-order valence-corrected chi connectivity index (χ3v) is 4.82. The summed E-state index contributed by atoms with van der Waals surface area (Å²) in [5.74, 6) is 0. The molecule has 0 bridgehead atoms. The van der Waals surface area contributed by atoms with Crippen molar-refractivity contribution in [3.05, 3.63) is 57.2 Å². The van der Waals surface area contributed by atoms with Crippen LogP contribution < -0.4 is 39.9 Å². The number of anilines is 1. The number of nitrogens with zero attached hydrogens (tertiary/aromatic N) is 4. The van der Waals surface area contributed by atoms with E-state index >= 15 is 0 Å². The van der Waals surface area contributed by atoms with E-state index in [0.29, 0.717) is 27.6 Å². The maximum atomic E-state index is 13.1. The Hall–Kier alpha value is -2.24. The number of pyridine rings is 2. The fourth-order valence-electron chi connectivity index (χ4n) is 3.40. The molecular weight excluding hydrogens is 379 g/mol. The van der Waals surface area contributed by atoms with Gasteiger partial charge < -0.3 is 24.6 Å². The molecule has 0 unspecified atom stereocenters. The minimum Gasteiger partial charge on any atom is -0.870 e. The molecule has 0 radical (unpaired) electrons. The summed E-state index contributed by atoms with van der Waals surface area (Å²) >= 11 is 0. The molecule has 29 heavy (non-hydrogen) atoms. The molecule has 146 valence electrons. The quantitative estimate of drug-likeness (QED) is 0.349. The summed E-state index contributed by atoms with van der Waals surface area (Å²) < 4.78 is 1.73. The third-order valence-electron chi connectivity index (χ3n) is 4.82. The van der Waals surface area contributed by atoms with Gasteiger partial charge in [-0.05, 0) is 30.7 Å². The minimum atomic E-state index is -0.827. The van der Waals surface area contributed by atoms with Crippen molar-refractivity contribution in [2.75, 3.05) is 19.0 Å². The van der Waals surface area contributed by atoms with Gasteiger partial charge >= 0.3 is 29.6 Å². The molecule has 3 rings (SSSR count). The predicted molar refractivity (Wildman–Crippen MR) is 110 cm³/mol. The van der Waals surface area contributed by atoms with Gasteiger partial charge in [0.1, 0.15) is 11.3 Å². The fourth-order valence-corrected chi connectivity index (χ4v) is 3.40. The van der Waals surface area contributed by atoms with Crippen molar-refractivity contribution in [2.45, 2.75) is 32.9 Å². The van der Waals surface area contributed by atoms with Crippen LogP contribution in [-0.2, 0) is 16.9 Å². The van der Waals surface area contributed by atoms with Crippen LogP contribution in [0.4, 0.5) is 5.69 Å². The maximum absolute atomic E-state index is 13.1. The smallest absolute Gasteiger partial charge is 0.870 e. The minimum absolute atomic E-state index is 0. The van der Waals surface area contributed by atoms with Gasteiger partial charge in [0.2, 0.25) is 0 Å². The van der Waals surface area contributed by atoms with Gasteiger partial charge in [-0.25, -0.2) is 17.8 Å². The van der Waals surface area contributed by atoms with Crippen molar-refractivity contribution >= 4 is 33.9 Å². The first-order valence-corrected chi connectivity index (χ1v) is 8.61. The zero-order valence-corrected chi connectivity index (χ0v) is 19.6. The van der Waals surface area contributed by atoms with Gasteiger partial charge in [0.25, 0.3) is 5.54 Å². The summed E-state index contributed by atoms with van der Waals surface area (Å²) in [6, 6.07) is 7.11. The van der Waals surface area contributed by atoms with Gasteiger partial charge in [-0.1, -0.05) is 12.6 Å². The molecule has 0 aliphatic heterocycles. The molecule has 2 heterocycles. The van der Waals surface area contributed by atoms with E-state index in [1.165, 1.54) is 0 Å². The Morgan fingerprint density at radius 2 is 1.83 bits per heavy atom. The van der Waals surface area contributed by atoms with Crippen molar-refractivity contribution in [3.8, 4) is 0 Å². The average Bonchev–Trinajstić information content (AvgIpc) is 2.64. The van der Waals surface area contributed by atoms with E-state index in [2.05, 4.69) is 9.83 Å². The van der Waals surface area contributed by atoms with Crippen LogP contribution in [0.5, 0.6) is 0 Å². The van der Waals surface area contributed by atoms with Crippen LogP contribution in [0.2, 0.25) is 0 Å². The standard InChI is InChI=1S/C21H21N4O2.Na.H2O/c1-13-7-8-14-18(17(13)24(5)6)25(11-12-26)20-15(19(14)27)9-10-16(23-20)21(2,3)22-4;;/h7-10H,11H2,1-3,5-6H3;;1H2/q-1;+1;/p-1. The van der Waals surface area contributed by atoms with Crippen LogP contribution in [-0.4, -0.2) is 35.4 Å². The Morgan fingerprint density at radius 1 is 1.21 bits per heavy atom. The van der Waals surface area contributed by atoms with Crippen LogP contribution in [0.25, 0.3) is 26.8 Å². The number of benzene rings is 1. The molecule has 0 aliphatic carbocycles. The second-order valence-corrected chi connectivity index (χ2v) is 7.32. The molecule has 1 aromatic carbocycles. The molecule has 0 amide bonds. The van der Waals surface area contributed by atoms with Crippen molar-refractivity contribution in [2.24, 2.45) is 0 Å². The van der Waals surface area contributed by atoms with Gasteiger partial charge in [0.15, 0.2) is 5.43 Å². The number of rotatable bonds is 4. The van der Waals surface area contributed by atoms with E-state index in [-0.39, 0.29) is 47.0 Å². The monoisotopic (exact) mass is 401 g/mol. The Balaban J connectivity index is 0.00000210. The second-order valence-electron chi connectivity index (χ2n) is 7.32. The number of aromatic nitrogens is 2. The Labute approximate surface area is 191 Å². The largest absolute Gasteiger partial charge is 1.00 e. The van der Waals surface area contributed by atoms with Gasteiger partial charge in [0, 0.05) is 33.3 Å². The summed E-state index contributed by atoms with van der Waals surface area (Å²) in [5.41, 5.74) is 2.51. The average molecular weight is 401 g/mol. The molecule has 0 atom stereocenters. The first-order chi connectivity index (χ1) is 12.7. The predicted octanol–water partition coefficient (Wildman–Crippen LogP) is 0.0154. The molecule has 0 saturated carbocycles. The summed E-state index contributed by atoms with van der Waals surface area (Å²) in [4.78, 5) is 34.7. The van der Waals surface area contributed by atoms with Gasteiger partial charge in [-0.2, -0.15) is 0 Å². The zero-order chi connectivity index (χ0) is 19.9. The molecule has 3 aromatic rings. The number of carbonyl (C=O) groups excluding carboxylic acids is 1. The Bertz CT molecular complexity index is 1180. The molecular formula is C21H22N4NaO3-. The number of aryl methyl sites for hydroxylation is 1. The van der Waals surface area contributed by atoms with Gasteiger partial charge in [-0.3, -0.25) is 4.79 Å². The van der Waals surface area contributed by atoms with E-state index in [4.69, 9.17) is 6.57 Å². The first-order valence-electron chi connectivity index (χ1n) is 8.61. The molecule has 0 saturated heterocycles. The number of fused-ring (bicyclic) bond motifs is 2. The van der Waals surface area contributed by atoms with Crippen LogP contribution in [0, 0.1) is 13.5 Å². The van der Waals surface area contributed by atoms with E-state index in [9.17, 15) is 9.59 Å². The molecule has 0 aliphatic rings. The van der Waals surface area contributed by atoms with Crippen LogP contribution in [0.1, 0.15) is 25.1 Å². The van der Waals surface area contributed by atoms with Crippen molar-refractivity contribution in [3.63, 3.8) is 0 Å². The first kappa shape index (κ1) is 24.8. The normalized spacial score (nSPS) is 10.8. The van der Waals surface area contributed by atoms with Gasteiger partial charge in [0.05, 0.1) is 16.6 Å². The Morgan fingerprint density at radius 3 is 2.38 bits per heavy atom. The summed E-state index contributed by atoms with van der Waals surface area (Å²) in [7, 11) is 3.80. The zero-order valence-electron chi connectivity index (χ0n) is 17.6. The Kier molecular flexibility index (Phi) is 7.74. The van der Waals surface area contributed by atoms with Crippen LogP contribution in [0.15, 0.2) is 29.1 Å². The topological polar surface area (TPSA) is 89.6 Å². The van der Waals surface area contributed by atoms with Crippen LogP contribution >= 0.6 is 0 Å². The maximum Gasteiger partial charge on any atom is 1.00 e. The number of hydrogen-bond donors (Lipinski definition) is 0. The van der Waals surface area contributed by atoms with Crippen molar-refractivity contribution in [1.82, 2.24) is 9.55 Å². The summed E-state index contributed by atoms with van der Waals surface area (Å²) in [6.07, 6.45) is 1.94. The summed E-state index contributed by atoms with van der Waals surface area (Å²) in [6.45, 7) is 12.9. The second kappa shape index (κ2) is 9.06. The molecule has 0 fully saturated rings. The van der Waals surface area contributed by atoms with Crippen molar-refractivity contribution in [1.29, 1.82) is 0 Å². The third kappa shape index (κ3) is 4.07. The molecule has 1 N–H and O–H groups in total.